The van der Waals surface area contributed by atoms with Gasteiger partial charge in [0.1, 0.15) is 0 Å². The van der Waals surface area contributed by atoms with Crippen molar-refractivity contribution < 1.29 is 4.79 Å². The van der Waals surface area contributed by atoms with Gasteiger partial charge in [-0.15, -0.1) is 0 Å². The van der Waals surface area contributed by atoms with E-state index >= 15 is 0 Å². The van der Waals surface area contributed by atoms with Crippen molar-refractivity contribution in [1.82, 2.24) is 5.32 Å². The lowest BCUT2D eigenvalue weighted by Crippen LogP contribution is -2.34. The first-order chi connectivity index (χ1) is 9.59. The highest BCUT2D eigenvalue weighted by Gasteiger charge is 2.45. The Morgan fingerprint density at radius 2 is 1.65 bits per heavy atom. The van der Waals surface area contributed by atoms with Crippen molar-refractivity contribution >= 4 is 33.4 Å². The van der Waals surface area contributed by atoms with Crippen LogP contribution in [0.2, 0.25) is 5.02 Å². The fourth-order valence-corrected chi connectivity index (χ4v) is 2.66. The monoisotopic (exact) mass is 349 g/mol. The second-order valence-electron chi connectivity index (χ2n) is 5.05. The third-order valence-corrected chi connectivity index (χ3v) is 4.39. The van der Waals surface area contributed by atoms with E-state index in [1.54, 1.807) is 0 Å². The maximum atomic E-state index is 12.3. The molecule has 0 saturated heterocycles. The topological polar surface area (TPSA) is 29.1 Å². The molecule has 1 fully saturated rings. The van der Waals surface area contributed by atoms with Crippen LogP contribution >= 0.6 is 27.5 Å². The van der Waals surface area contributed by atoms with Gasteiger partial charge in [0.2, 0.25) is 0 Å². The molecule has 0 aliphatic heterocycles. The van der Waals surface area contributed by atoms with Crippen molar-refractivity contribution in [3.63, 3.8) is 0 Å². The van der Waals surface area contributed by atoms with Gasteiger partial charge < -0.3 is 5.32 Å². The van der Waals surface area contributed by atoms with Gasteiger partial charge in [0.25, 0.3) is 5.91 Å². The standard InChI is InChI=1S/C16H13BrClNO/c17-13-5-1-11(2-6-13)15(20)19-16(9-10-16)12-3-7-14(18)8-4-12/h1-8H,9-10H2,(H,19,20). The van der Waals surface area contributed by atoms with Crippen LogP contribution in [0.1, 0.15) is 28.8 Å². The van der Waals surface area contributed by atoms with Crippen LogP contribution in [0.5, 0.6) is 0 Å². The third kappa shape index (κ3) is 2.74. The second kappa shape index (κ2) is 5.23. The van der Waals surface area contributed by atoms with Crippen molar-refractivity contribution in [2.45, 2.75) is 18.4 Å². The zero-order valence-electron chi connectivity index (χ0n) is 10.7. The zero-order valence-corrected chi connectivity index (χ0v) is 13.0. The van der Waals surface area contributed by atoms with Crippen molar-refractivity contribution in [3.8, 4) is 0 Å². The van der Waals surface area contributed by atoms with Crippen LogP contribution < -0.4 is 5.32 Å². The first-order valence-corrected chi connectivity index (χ1v) is 7.60. The number of rotatable bonds is 3. The summed E-state index contributed by atoms with van der Waals surface area (Å²) in [5.41, 5.74) is 1.58. The lowest BCUT2D eigenvalue weighted by molar-refractivity contribution is 0.0931. The van der Waals surface area contributed by atoms with Crippen LogP contribution in [0.3, 0.4) is 0 Å². The van der Waals surface area contributed by atoms with Crippen LogP contribution in [0.25, 0.3) is 0 Å². The average molecular weight is 351 g/mol. The van der Waals surface area contributed by atoms with Crippen LogP contribution in [-0.2, 0) is 5.54 Å². The molecule has 102 valence electrons. The summed E-state index contributed by atoms with van der Waals surface area (Å²) in [6, 6.07) is 15.1. The minimum atomic E-state index is -0.214. The lowest BCUT2D eigenvalue weighted by Gasteiger charge is -2.18. The molecule has 2 aromatic carbocycles. The Labute approximate surface area is 131 Å². The van der Waals surface area contributed by atoms with E-state index in [9.17, 15) is 4.79 Å². The summed E-state index contributed by atoms with van der Waals surface area (Å²) in [6.45, 7) is 0. The first kappa shape index (κ1) is 13.7. The van der Waals surface area contributed by atoms with E-state index in [1.807, 2.05) is 48.5 Å². The van der Waals surface area contributed by atoms with Crippen molar-refractivity contribution in [1.29, 1.82) is 0 Å². The molecule has 4 heteroatoms. The Morgan fingerprint density at radius 3 is 2.20 bits per heavy atom. The normalized spacial score (nSPS) is 15.7. The summed E-state index contributed by atoms with van der Waals surface area (Å²) in [7, 11) is 0. The smallest absolute Gasteiger partial charge is 0.251 e. The Hall–Kier alpha value is -1.32. The lowest BCUT2D eigenvalue weighted by atomic mass is 10.0. The molecule has 0 radical (unpaired) electrons. The number of benzene rings is 2. The molecule has 2 aromatic rings. The molecule has 20 heavy (non-hydrogen) atoms. The predicted molar refractivity (Wildman–Crippen MR) is 84.0 cm³/mol. The first-order valence-electron chi connectivity index (χ1n) is 6.43. The number of hydrogen-bond donors (Lipinski definition) is 1. The van der Waals surface area contributed by atoms with Crippen molar-refractivity contribution in [2.24, 2.45) is 0 Å². The molecule has 1 aliphatic rings. The summed E-state index contributed by atoms with van der Waals surface area (Å²) < 4.78 is 0.966. The van der Waals surface area contributed by atoms with E-state index in [1.165, 1.54) is 0 Å². The SMILES string of the molecule is O=C(NC1(c2ccc(Cl)cc2)CC1)c1ccc(Br)cc1. The highest BCUT2D eigenvalue weighted by molar-refractivity contribution is 9.10. The van der Waals surface area contributed by atoms with E-state index < -0.39 is 0 Å². The maximum Gasteiger partial charge on any atom is 0.251 e. The molecule has 1 N–H and O–H groups in total. The number of hydrogen-bond acceptors (Lipinski definition) is 1. The summed E-state index contributed by atoms with van der Waals surface area (Å²) in [4.78, 5) is 12.3. The number of carbonyl (C=O) groups excluding carboxylic acids is 1. The minimum absolute atomic E-state index is 0.0371. The molecule has 3 rings (SSSR count). The maximum absolute atomic E-state index is 12.3. The average Bonchev–Trinajstić information content (AvgIpc) is 3.21. The summed E-state index contributed by atoms with van der Waals surface area (Å²) in [5.74, 6) is -0.0371. The van der Waals surface area contributed by atoms with Crippen LogP contribution in [-0.4, -0.2) is 5.91 Å². The Bertz CT molecular complexity index is 633. The fraction of sp³-hybridized carbons (Fsp3) is 0.188. The van der Waals surface area contributed by atoms with Gasteiger partial charge in [-0.25, -0.2) is 0 Å². The molecule has 0 atom stereocenters. The molecule has 1 amide bonds. The molecule has 0 aromatic heterocycles. The molecule has 0 heterocycles. The summed E-state index contributed by atoms with van der Waals surface area (Å²) in [6.07, 6.45) is 1.94. The van der Waals surface area contributed by atoms with Gasteiger partial charge in [-0.2, -0.15) is 0 Å². The van der Waals surface area contributed by atoms with E-state index in [2.05, 4.69) is 21.2 Å². The van der Waals surface area contributed by atoms with Crippen molar-refractivity contribution in [2.75, 3.05) is 0 Å². The quantitative estimate of drug-likeness (QED) is 0.866. The molecule has 0 bridgehead atoms. The number of halogens is 2. The van der Waals surface area contributed by atoms with Gasteiger partial charge in [-0.3, -0.25) is 4.79 Å². The number of carbonyl (C=O) groups is 1. The molecule has 0 unspecified atom stereocenters. The largest absolute Gasteiger partial charge is 0.343 e. The van der Waals surface area contributed by atoms with E-state index in [-0.39, 0.29) is 11.4 Å². The molecule has 1 saturated carbocycles. The Morgan fingerprint density at radius 1 is 1.05 bits per heavy atom. The molecular weight excluding hydrogens is 338 g/mol. The van der Waals surface area contributed by atoms with Gasteiger partial charge in [-0.05, 0) is 54.8 Å². The van der Waals surface area contributed by atoms with Crippen LogP contribution in [0, 0.1) is 0 Å². The third-order valence-electron chi connectivity index (χ3n) is 3.61. The van der Waals surface area contributed by atoms with E-state index in [0.29, 0.717) is 10.6 Å². The Kier molecular flexibility index (Phi) is 3.57. The highest BCUT2D eigenvalue weighted by atomic mass is 79.9. The highest BCUT2D eigenvalue weighted by Crippen LogP contribution is 2.45. The molecule has 2 nitrogen and oxygen atoms in total. The molecular formula is C16H13BrClNO. The predicted octanol–water partition coefficient (Wildman–Crippen LogP) is 4.52. The summed E-state index contributed by atoms with van der Waals surface area (Å²) in [5, 5.41) is 3.85. The summed E-state index contributed by atoms with van der Waals surface area (Å²) >= 11 is 9.27. The van der Waals surface area contributed by atoms with Crippen LogP contribution in [0.4, 0.5) is 0 Å². The number of amides is 1. The van der Waals surface area contributed by atoms with Gasteiger partial charge in [-0.1, -0.05) is 39.7 Å². The van der Waals surface area contributed by atoms with E-state index in [0.717, 1.165) is 22.9 Å². The fourth-order valence-electron chi connectivity index (χ4n) is 2.27. The van der Waals surface area contributed by atoms with Gasteiger partial charge in [0.15, 0.2) is 0 Å². The molecule has 1 aliphatic carbocycles. The van der Waals surface area contributed by atoms with Gasteiger partial charge >= 0.3 is 0 Å². The second-order valence-corrected chi connectivity index (χ2v) is 6.40. The van der Waals surface area contributed by atoms with Gasteiger partial charge in [0, 0.05) is 15.1 Å². The van der Waals surface area contributed by atoms with Gasteiger partial charge in [0.05, 0.1) is 5.54 Å². The Balaban J connectivity index is 1.78. The molecule has 0 spiro atoms. The number of nitrogens with one attached hydrogen (secondary N) is 1. The van der Waals surface area contributed by atoms with Crippen molar-refractivity contribution in [3.05, 3.63) is 69.2 Å². The van der Waals surface area contributed by atoms with Crippen LogP contribution in [0.15, 0.2) is 53.0 Å². The minimum Gasteiger partial charge on any atom is -0.343 e. The zero-order chi connectivity index (χ0) is 14.2. The van der Waals surface area contributed by atoms with E-state index in [4.69, 9.17) is 11.6 Å².